The van der Waals surface area contributed by atoms with Gasteiger partial charge >= 0.3 is 0 Å². The van der Waals surface area contributed by atoms with Gasteiger partial charge < -0.3 is 5.32 Å². The lowest BCUT2D eigenvalue weighted by Crippen LogP contribution is -2.34. The zero-order valence-corrected chi connectivity index (χ0v) is 15.5. The Labute approximate surface area is 142 Å². The van der Waals surface area contributed by atoms with Crippen molar-refractivity contribution in [2.45, 2.75) is 63.2 Å². The standard InChI is InChI=1S/C18H28BrNS/c1-2-11-20-17(13-15-7-6-8-16(19)12-15)14-21-18-9-4-3-5-10-18/h6-8,12,17-18,20H,2-5,9-11,13-14H2,1H3. The van der Waals surface area contributed by atoms with Crippen molar-refractivity contribution in [3.63, 3.8) is 0 Å². The van der Waals surface area contributed by atoms with E-state index in [9.17, 15) is 0 Å². The molecule has 1 aliphatic carbocycles. The molecule has 0 aromatic heterocycles. The maximum absolute atomic E-state index is 3.74. The molecule has 0 saturated heterocycles. The van der Waals surface area contributed by atoms with E-state index >= 15 is 0 Å². The van der Waals surface area contributed by atoms with Gasteiger partial charge in [-0.1, -0.05) is 54.2 Å². The van der Waals surface area contributed by atoms with Crippen molar-refractivity contribution >= 4 is 27.7 Å². The summed E-state index contributed by atoms with van der Waals surface area (Å²) in [6.45, 7) is 3.38. The summed E-state index contributed by atoms with van der Waals surface area (Å²) in [5.41, 5.74) is 1.43. The third-order valence-electron chi connectivity index (χ3n) is 4.14. The molecule has 118 valence electrons. The van der Waals surface area contributed by atoms with E-state index in [0.29, 0.717) is 6.04 Å². The van der Waals surface area contributed by atoms with Gasteiger partial charge in [0.15, 0.2) is 0 Å². The predicted molar refractivity (Wildman–Crippen MR) is 99.3 cm³/mol. The highest BCUT2D eigenvalue weighted by molar-refractivity contribution is 9.10. The van der Waals surface area contributed by atoms with E-state index in [1.165, 1.54) is 54.3 Å². The van der Waals surface area contributed by atoms with E-state index in [1.54, 1.807) is 0 Å². The van der Waals surface area contributed by atoms with Gasteiger partial charge in [0.2, 0.25) is 0 Å². The van der Waals surface area contributed by atoms with E-state index < -0.39 is 0 Å². The van der Waals surface area contributed by atoms with Gasteiger partial charge in [0.05, 0.1) is 0 Å². The van der Waals surface area contributed by atoms with E-state index in [4.69, 9.17) is 0 Å². The molecule has 21 heavy (non-hydrogen) atoms. The van der Waals surface area contributed by atoms with Crippen LogP contribution in [0, 0.1) is 0 Å². The Bertz CT molecular complexity index is 404. The fraction of sp³-hybridized carbons (Fsp3) is 0.667. The van der Waals surface area contributed by atoms with Crippen LogP contribution in [0.2, 0.25) is 0 Å². The Morgan fingerprint density at radius 1 is 1.29 bits per heavy atom. The van der Waals surface area contributed by atoms with Crippen molar-refractivity contribution in [3.05, 3.63) is 34.3 Å². The number of hydrogen-bond donors (Lipinski definition) is 1. The topological polar surface area (TPSA) is 12.0 Å². The summed E-state index contributed by atoms with van der Waals surface area (Å²) < 4.78 is 1.19. The first-order valence-corrected chi connectivity index (χ1v) is 10.2. The Hall–Kier alpha value is 0.01000. The molecular weight excluding hydrogens is 342 g/mol. The van der Waals surface area contributed by atoms with E-state index in [-0.39, 0.29) is 0 Å². The molecule has 1 nitrogen and oxygen atoms in total. The second-order valence-corrected chi connectivity index (χ2v) is 8.33. The lowest BCUT2D eigenvalue weighted by molar-refractivity contribution is 0.511. The Balaban J connectivity index is 1.84. The molecule has 1 aromatic rings. The van der Waals surface area contributed by atoms with E-state index in [2.05, 4.69) is 64.2 Å². The first-order chi connectivity index (χ1) is 10.3. The zero-order chi connectivity index (χ0) is 14.9. The Morgan fingerprint density at radius 3 is 2.81 bits per heavy atom. The van der Waals surface area contributed by atoms with Crippen molar-refractivity contribution in [2.75, 3.05) is 12.3 Å². The van der Waals surface area contributed by atoms with E-state index in [0.717, 1.165) is 18.2 Å². The quantitative estimate of drug-likeness (QED) is 0.655. The molecule has 1 saturated carbocycles. The summed E-state index contributed by atoms with van der Waals surface area (Å²) in [5, 5.41) is 4.65. The largest absolute Gasteiger partial charge is 0.313 e. The first-order valence-electron chi connectivity index (χ1n) is 8.37. The highest BCUT2D eigenvalue weighted by Crippen LogP contribution is 2.29. The van der Waals surface area contributed by atoms with Crippen LogP contribution in [0.25, 0.3) is 0 Å². The van der Waals surface area contributed by atoms with Crippen molar-refractivity contribution in [2.24, 2.45) is 0 Å². The molecule has 2 rings (SSSR count). The maximum Gasteiger partial charge on any atom is 0.0198 e. The van der Waals surface area contributed by atoms with Crippen molar-refractivity contribution in [1.29, 1.82) is 0 Å². The van der Waals surface area contributed by atoms with Gasteiger partial charge in [0.1, 0.15) is 0 Å². The van der Waals surface area contributed by atoms with Crippen LogP contribution in [-0.4, -0.2) is 23.6 Å². The maximum atomic E-state index is 3.74. The summed E-state index contributed by atoms with van der Waals surface area (Å²) in [4.78, 5) is 0. The minimum Gasteiger partial charge on any atom is -0.313 e. The molecule has 1 N–H and O–H groups in total. The number of thioether (sulfide) groups is 1. The third kappa shape index (κ3) is 6.75. The van der Waals surface area contributed by atoms with Gasteiger partial charge in [0, 0.05) is 21.5 Å². The normalized spacial score (nSPS) is 17.8. The minimum absolute atomic E-state index is 0.603. The van der Waals surface area contributed by atoms with Gasteiger partial charge in [-0.25, -0.2) is 0 Å². The smallest absolute Gasteiger partial charge is 0.0198 e. The Kier molecular flexibility index (Phi) is 8.20. The second kappa shape index (κ2) is 9.91. The fourth-order valence-corrected chi connectivity index (χ4v) is 4.82. The van der Waals surface area contributed by atoms with Crippen molar-refractivity contribution in [1.82, 2.24) is 5.32 Å². The van der Waals surface area contributed by atoms with Crippen LogP contribution in [0.5, 0.6) is 0 Å². The van der Waals surface area contributed by atoms with Crippen LogP contribution in [0.4, 0.5) is 0 Å². The lowest BCUT2D eigenvalue weighted by Gasteiger charge is -2.25. The van der Waals surface area contributed by atoms with Gasteiger partial charge in [-0.05, 0) is 49.9 Å². The SMILES string of the molecule is CCCNC(CSC1CCCCC1)Cc1cccc(Br)c1. The minimum atomic E-state index is 0.603. The molecule has 0 heterocycles. The number of benzene rings is 1. The van der Waals surface area contributed by atoms with Crippen LogP contribution in [-0.2, 0) is 6.42 Å². The molecular formula is C18H28BrNS. The zero-order valence-electron chi connectivity index (χ0n) is 13.1. The van der Waals surface area contributed by atoms with Gasteiger partial charge in [-0.3, -0.25) is 0 Å². The summed E-state index contributed by atoms with van der Waals surface area (Å²) in [6, 6.07) is 9.35. The molecule has 1 aliphatic rings. The Morgan fingerprint density at radius 2 is 2.10 bits per heavy atom. The molecule has 1 atom stereocenters. The molecule has 0 aliphatic heterocycles. The summed E-state index contributed by atoms with van der Waals surface area (Å²) in [5.74, 6) is 1.25. The summed E-state index contributed by atoms with van der Waals surface area (Å²) >= 11 is 5.79. The van der Waals surface area contributed by atoms with Crippen LogP contribution < -0.4 is 5.32 Å². The summed E-state index contributed by atoms with van der Waals surface area (Å²) in [7, 11) is 0. The van der Waals surface area contributed by atoms with Gasteiger partial charge in [-0.2, -0.15) is 11.8 Å². The first kappa shape index (κ1) is 17.4. The average Bonchev–Trinajstić information content (AvgIpc) is 2.51. The molecule has 0 amide bonds. The van der Waals surface area contributed by atoms with Crippen LogP contribution >= 0.6 is 27.7 Å². The van der Waals surface area contributed by atoms with E-state index in [1.807, 2.05) is 0 Å². The predicted octanol–water partition coefficient (Wildman–Crippen LogP) is 5.43. The molecule has 1 aromatic carbocycles. The lowest BCUT2D eigenvalue weighted by atomic mass is 10.0. The van der Waals surface area contributed by atoms with Crippen LogP contribution in [0.1, 0.15) is 51.0 Å². The highest BCUT2D eigenvalue weighted by atomic mass is 79.9. The molecule has 3 heteroatoms. The molecule has 1 unspecified atom stereocenters. The molecule has 0 radical (unpaired) electrons. The number of rotatable bonds is 8. The molecule has 0 spiro atoms. The highest BCUT2D eigenvalue weighted by Gasteiger charge is 2.16. The number of nitrogens with one attached hydrogen (secondary N) is 1. The average molecular weight is 370 g/mol. The molecule has 0 bridgehead atoms. The van der Waals surface area contributed by atoms with Crippen LogP contribution in [0.3, 0.4) is 0 Å². The number of halogens is 1. The second-order valence-electron chi connectivity index (χ2n) is 6.08. The summed E-state index contributed by atoms with van der Waals surface area (Å²) in [6.07, 6.45) is 9.55. The van der Waals surface area contributed by atoms with Crippen molar-refractivity contribution < 1.29 is 0 Å². The van der Waals surface area contributed by atoms with Crippen LogP contribution in [0.15, 0.2) is 28.7 Å². The monoisotopic (exact) mass is 369 g/mol. The van der Waals surface area contributed by atoms with Gasteiger partial charge in [0.25, 0.3) is 0 Å². The molecule has 1 fully saturated rings. The third-order valence-corrected chi connectivity index (χ3v) is 6.17. The number of hydrogen-bond acceptors (Lipinski definition) is 2. The van der Waals surface area contributed by atoms with Crippen molar-refractivity contribution in [3.8, 4) is 0 Å². The fourth-order valence-electron chi connectivity index (χ4n) is 2.97. The van der Waals surface area contributed by atoms with Gasteiger partial charge in [-0.15, -0.1) is 0 Å².